The Hall–Kier alpha value is -3.70. The van der Waals surface area contributed by atoms with Crippen molar-refractivity contribution in [1.29, 1.82) is 0 Å². The summed E-state index contributed by atoms with van der Waals surface area (Å²) in [6.45, 7) is 3.56. The molecule has 35 heavy (non-hydrogen) atoms. The Balaban J connectivity index is 1.37. The molecule has 2 aliphatic rings. The molecule has 0 spiro atoms. The van der Waals surface area contributed by atoms with E-state index in [9.17, 15) is 4.79 Å². The van der Waals surface area contributed by atoms with Gasteiger partial charge in [0, 0.05) is 31.4 Å². The molecule has 1 saturated heterocycles. The summed E-state index contributed by atoms with van der Waals surface area (Å²) in [5.74, 6) is 0.517. The molecule has 1 aromatic carbocycles. The van der Waals surface area contributed by atoms with E-state index in [2.05, 4.69) is 30.4 Å². The summed E-state index contributed by atoms with van der Waals surface area (Å²) in [6.07, 6.45) is 6.94. The summed E-state index contributed by atoms with van der Waals surface area (Å²) in [5, 5.41) is 6.08. The molecule has 1 atom stereocenters. The minimum Gasteiger partial charge on any atom is -0.489 e. The smallest absolute Gasteiger partial charge is 0.278 e. The van der Waals surface area contributed by atoms with Crippen LogP contribution in [0.4, 0.5) is 17.2 Å². The fraction of sp³-hybridized carbons (Fsp3) is 0.333. The first-order valence-corrected chi connectivity index (χ1v) is 11.8. The summed E-state index contributed by atoms with van der Waals surface area (Å²) in [7, 11) is 1.92. The zero-order valence-electron chi connectivity index (χ0n) is 19.7. The van der Waals surface area contributed by atoms with Gasteiger partial charge in [-0.05, 0) is 42.7 Å². The molecule has 3 aromatic rings. The van der Waals surface area contributed by atoms with Crippen LogP contribution in [0.3, 0.4) is 0 Å². The molecule has 2 aliphatic heterocycles. The van der Waals surface area contributed by atoms with Gasteiger partial charge in [0.2, 0.25) is 0 Å². The number of ether oxygens (including phenoxy) is 2. The number of nitrogens with zero attached hydrogens (tertiary/aromatic N) is 4. The van der Waals surface area contributed by atoms with Crippen LogP contribution < -0.4 is 25.9 Å². The Morgan fingerprint density at radius 1 is 1.23 bits per heavy atom. The largest absolute Gasteiger partial charge is 0.489 e. The van der Waals surface area contributed by atoms with Gasteiger partial charge in [-0.3, -0.25) is 9.78 Å². The zero-order valence-corrected chi connectivity index (χ0v) is 19.7. The number of fused-ring (bicyclic) bond motifs is 1. The number of morpholine rings is 1. The molecular weight excluding hydrogens is 445 g/mol. The van der Waals surface area contributed by atoms with Gasteiger partial charge < -0.3 is 30.7 Å². The van der Waals surface area contributed by atoms with Gasteiger partial charge in [-0.15, -0.1) is 0 Å². The molecule has 1 fully saturated rings. The minimum absolute atomic E-state index is 0.0688. The predicted molar refractivity (Wildman–Crippen MR) is 136 cm³/mol. The van der Waals surface area contributed by atoms with Crippen molar-refractivity contribution in [2.75, 3.05) is 48.8 Å². The van der Waals surface area contributed by atoms with E-state index in [1.807, 2.05) is 32.2 Å². The molecule has 0 bridgehead atoms. The first kappa shape index (κ1) is 23.1. The van der Waals surface area contributed by atoms with Crippen LogP contribution in [0.2, 0.25) is 0 Å². The molecule has 0 saturated carbocycles. The molecule has 180 valence electrons. The third kappa shape index (κ3) is 5.05. The molecule has 10 nitrogen and oxygen atoms in total. The molecule has 0 aliphatic carbocycles. The van der Waals surface area contributed by atoms with Crippen LogP contribution in [0.25, 0.3) is 11.3 Å². The Kier molecular flexibility index (Phi) is 6.78. The number of anilines is 3. The van der Waals surface area contributed by atoms with E-state index >= 15 is 0 Å². The summed E-state index contributed by atoms with van der Waals surface area (Å²) in [6, 6.07) is 7.81. The van der Waals surface area contributed by atoms with Gasteiger partial charge in [0.15, 0.2) is 19.5 Å². The second kappa shape index (κ2) is 10.3. The molecule has 11 heteroatoms. The Morgan fingerprint density at radius 2 is 2.09 bits per heavy atom. The van der Waals surface area contributed by atoms with Crippen molar-refractivity contribution in [3.8, 4) is 17.0 Å². The normalized spacial score (nSPS) is 17.4. The van der Waals surface area contributed by atoms with Gasteiger partial charge in [0.05, 0.1) is 42.7 Å². The second-order valence-corrected chi connectivity index (χ2v) is 8.59. The maximum Gasteiger partial charge on any atom is 0.278 e. The quantitative estimate of drug-likeness (QED) is 0.450. The van der Waals surface area contributed by atoms with Crippen LogP contribution >= 0.6 is 0 Å². The van der Waals surface area contributed by atoms with Gasteiger partial charge >= 0.3 is 0 Å². The minimum atomic E-state index is -0.435. The van der Waals surface area contributed by atoms with Crippen LogP contribution in [-0.4, -0.2) is 67.8 Å². The van der Waals surface area contributed by atoms with E-state index in [1.165, 1.54) is 0 Å². The molecular formula is C24H28BN7O3. The number of carbonyl (C=O) groups excluding carboxylic acids is 1. The lowest BCUT2D eigenvalue weighted by atomic mass is 9.98. The van der Waals surface area contributed by atoms with Crippen molar-refractivity contribution in [3.63, 3.8) is 0 Å². The van der Waals surface area contributed by atoms with Crippen molar-refractivity contribution >= 4 is 31.1 Å². The van der Waals surface area contributed by atoms with Crippen molar-refractivity contribution in [3.05, 3.63) is 54.1 Å². The number of nitrogen functional groups attached to an aromatic ring is 1. The zero-order chi connectivity index (χ0) is 24.2. The Labute approximate surface area is 204 Å². The molecule has 1 amide bonds. The van der Waals surface area contributed by atoms with Crippen molar-refractivity contribution in [2.45, 2.75) is 18.9 Å². The number of aromatic nitrogens is 3. The van der Waals surface area contributed by atoms with E-state index < -0.39 is 5.91 Å². The average molecular weight is 473 g/mol. The van der Waals surface area contributed by atoms with Crippen molar-refractivity contribution in [2.24, 2.45) is 0 Å². The van der Waals surface area contributed by atoms with Crippen molar-refractivity contribution in [1.82, 2.24) is 20.2 Å². The highest BCUT2D eigenvalue weighted by atomic mass is 16.5. The third-order valence-electron chi connectivity index (χ3n) is 6.23. The fourth-order valence-electron chi connectivity index (χ4n) is 4.43. The number of aryl methyl sites for hydroxylation is 1. The van der Waals surface area contributed by atoms with Gasteiger partial charge in [-0.2, -0.15) is 0 Å². The second-order valence-electron chi connectivity index (χ2n) is 8.59. The summed E-state index contributed by atoms with van der Waals surface area (Å²) in [4.78, 5) is 28.3. The Bertz CT molecular complexity index is 1220. The highest BCUT2D eigenvalue weighted by Crippen LogP contribution is 2.32. The van der Waals surface area contributed by atoms with E-state index in [4.69, 9.17) is 15.2 Å². The van der Waals surface area contributed by atoms with Crippen LogP contribution in [0, 0.1) is 0 Å². The number of carbonyl (C=O) groups is 1. The monoisotopic (exact) mass is 473 g/mol. The number of nitrogens with one attached hydrogen (secondary N) is 2. The number of hydrogen-bond acceptors (Lipinski definition) is 9. The fourth-order valence-corrected chi connectivity index (χ4v) is 4.43. The van der Waals surface area contributed by atoms with E-state index in [0.29, 0.717) is 24.6 Å². The number of amides is 1. The maximum atomic E-state index is 13.2. The molecule has 2 aromatic heterocycles. The summed E-state index contributed by atoms with van der Waals surface area (Å²) in [5.41, 5.74) is 10.1. The first-order valence-electron chi connectivity index (χ1n) is 11.8. The lowest BCUT2D eigenvalue weighted by molar-refractivity contribution is 0.102. The SMILES string of the molecule is BNCC1CCc2cc(-c3cnc(N)c(C(=O)Nc4cnccc4N4CCOCC4)n3)ccc2O1. The predicted octanol–water partition coefficient (Wildman–Crippen LogP) is 1.04. The van der Waals surface area contributed by atoms with Gasteiger partial charge in [-0.1, -0.05) is 0 Å². The highest BCUT2D eigenvalue weighted by molar-refractivity contribution is 6.07. The van der Waals surface area contributed by atoms with E-state index in [0.717, 1.165) is 55.0 Å². The van der Waals surface area contributed by atoms with Crippen LogP contribution in [0.5, 0.6) is 5.75 Å². The lowest BCUT2D eigenvalue weighted by Gasteiger charge is -2.30. The van der Waals surface area contributed by atoms with E-state index in [-0.39, 0.29) is 17.6 Å². The third-order valence-corrected chi connectivity index (χ3v) is 6.23. The molecule has 5 rings (SSSR count). The number of hydrogen-bond donors (Lipinski definition) is 3. The number of benzene rings is 1. The standard InChI is InChI=1S/C24H28BN7O3/c25-29-12-17-3-1-16-11-15(2-4-21(16)35-17)18-14-28-23(26)22(30-18)24(33)31-19-13-27-6-5-20(19)32-7-9-34-10-8-32/h2,4-6,11,13-14,17,29H,1,3,7-10,12,25H2,(H2,26,28)(H,31,33). The van der Waals surface area contributed by atoms with Crippen LogP contribution in [0.15, 0.2) is 42.9 Å². The van der Waals surface area contributed by atoms with E-state index in [1.54, 1.807) is 18.6 Å². The number of rotatable bonds is 6. The van der Waals surface area contributed by atoms with Crippen LogP contribution in [0.1, 0.15) is 22.5 Å². The highest BCUT2D eigenvalue weighted by Gasteiger charge is 2.22. The summed E-state index contributed by atoms with van der Waals surface area (Å²) < 4.78 is 11.5. The topological polar surface area (TPSA) is 128 Å². The molecule has 0 radical (unpaired) electrons. The lowest BCUT2D eigenvalue weighted by Crippen LogP contribution is -2.36. The van der Waals surface area contributed by atoms with Crippen molar-refractivity contribution < 1.29 is 14.3 Å². The maximum absolute atomic E-state index is 13.2. The number of nitrogens with two attached hydrogens (primary N) is 1. The average Bonchev–Trinajstić information content (AvgIpc) is 2.89. The van der Waals surface area contributed by atoms with Gasteiger partial charge in [-0.25, -0.2) is 9.97 Å². The van der Waals surface area contributed by atoms with Crippen LogP contribution in [-0.2, 0) is 11.2 Å². The van der Waals surface area contributed by atoms with Gasteiger partial charge in [0.25, 0.3) is 5.91 Å². The molecule has 1 unspecified atom stereocenters. The van der Waals surface area contributed by atoms with Gasteiger partial charge in [0.1, 0.15) is 11.9 Å². The Morgan fingerprint density at radius 3 is 2.91 bits per heavy atom. The first-order chi connectivity index (χ1) is 17.1. The number of pyridine rings is 1. The molecule has 4 N–H and O–H groups in total. The summed E-state index contributed by atoms with van der Waals surface area (Å²) >= 11 is 0. The molecule has 4 heterocycles.